The van der Waals surface area contributed by atoms with E-state index in [9.17, 15) is 4.79 Å². The van der Waals surface area contributed by atoms with Crippen molar-refractivity contribution < 1.29 is 4.42 Å². The summed E-state index contributed by atoms with van der Waals surface area (Å²) in [5.74, 6) is 0. The Hall–Kier alpha value is -2.30. The third-order valence-electron chi connectivity index (χ3n) is 4.92. The lowest BCUT2D eigenvalue weighted by Crippen LogP contribution is -2.46. The summed E-state index contributed by atoms with van der Waals surface area (Å²) in [5.41, 5.74) is 3.75. The van der Waals surface area contributed by atoms with Crippen molar-refractivity contribution >= 4 is 28.3 Å². The molecule has 26 heavy (non-hydrogen) atoms. The fraction of sp³-hybridized carbons (Fsp3) is 0.286. The molecule has 0 radical (unpaired) electrons. The maximum absolute atomic E-state index is 11.9. The lowest BCUT2D eigenvalue weighted by Gasteiger charge is -2.36. The van der Waals surface area contributed by atoms with Crippen molar-refractivity contribution in [2.45, 2.75) is 13.5 Å². The Kier molecular flexibility index (Phi) is 4.70. The Morgan fingerprint density at radius 3 is 2.62 bits per heavy atom. The van der Waals surface area contributed by atoms with Crippen LogP contribution in [0.25, 0.3) is 11.0 Å². The van der Waals surface area contributed by atoms with Gasteiger partial charge in [0.05, 0.1) is 0 Å². The van der Waals surface area contributed by atoms with Gasteiger partial charge in [-0.15, -0.1) is 0 Å². The number of rotatable bonds is 3. The number of fused-ring (bicyclic) bond motifs is 1. The van der Waals surface area contributed by atoms with Gasteiger partial charge in [-0.1, -0.05) is 29.3 Å². The summed E-state index contributed by atoms with van der Waals surface area (Å²) in [7, 11) is 0. The second kappa shape index (κ2) is 7.14. The zero-order chi connectivity index (χ0) is 18.1. The number of hydrogen-bond donors (Lipinski definition) is 0. The van der Waals surface area contributed by atoms with E-state index in [0.29, 0.717) is 5.58 Å². The molecule has 4 nitrogen and oxygen atoms in total. The maximum Gasteiger partial charge on any atom is 0.336 e. The molecule has 2 heterocycles. The molecular formula is C21H21ClN2O2. The van der Waals surface area contributed by atoms with Crippen LogP contribution in [0.3, 0.4) is 0 Å². The molecule has 1 aromatic heterocycles. The summed E-state index contributed by atoms with van der Waals surface area (Å²) < 4.78 is 5.34. The second-order valence-corrected chi connectivity index (χ2v) is 7.27. The SMILES string of the molecule is Cc1ccc2oc(=O)cc(CN3CCN(c4cccc(Cl)c4)CC3)c2c1. The molecule has 0 atom stereocenters. The minimum atomic E-state index is -0.283. The predicted octanol–water partition coefficient (Wildman–Crippen LogP) is 4.08. The average Bonchev–Trinajstić information content (AvgIpc) is 2.63. The molecule has 0 bridgehead atoms. The van der Waals surface area contributed by atoms with Gasteiger partial charge in [0.2, 0.25) is 0 Å². The number of piperazine rings is 1. The zero-order valence-electron chi connectivity index (χ0n) is 14.7. The molecule has 0 aliphatic carbocycles. The second-order valence-electron chi connectivity index (χ2n) is 6.83. The van der Waals surface area contributed by atoms with E-state index in [0.717, 1.165) is 48.7 Å². The highest BCUT2D eigenvalue weighted by Crippen LogP contribution is 2.23. The molecule has 0 spiro atoms. The summed E-state index contributed by atoms with van der Waals surface area (Å²) in [6.45, 7) is 6.59. The summed E-state index contributed by atoms with van der Waals surface area (Å²) in [5, 5.41) is 1.80. The third-order valence-corrected chi connectivity index (χ3v) is 5.16. The standard InChI is InChI=1S/C21H21ClN2O2/c1-15-5-6-20-19(11-15)16(12-21(25)26-20)14-23-7-9-24(10-8-23)18-4-2-3-17(22)13-18/h2-6,11-13H,7-10,14H2,1H3. The Morgan fingerprint density at radius 1 is 1.04 bits per heavy atom. The molecule has 2 aromatic carbocycles. The van der Waals surface area contributed by atoms with Crippen LogP contribution in [-0.4, -0.2) is 31.1 Å². The number of halogens is 1. The molecule has 1 aliphatic rings. The molecule has 3 aromatic rings. The van der Waals surface area contributed by atoms with E-state index < -0.39 is 0 Å². The van der Waals surface area contributed by atoms with Crippen LogP contribution < -0.4 is 10.5 Å². The molecular weight excluding hydrogens is 348 g/mol. The number of aryl methyl sites for hydroxylation is 1. The van der Waals surface area contributed by atoms with E-state index in [1.54, 1.807) is 6.07 Å². The van der Waals surface area contributed by atoms with E-state index in [1.165, 1.54) is 11.3 Å². The van der Waals surface area contributed by atoms with Gasteiger partial charge in [0.25, 0.3) is 0 Å². The van der Waals surface area contributed by atoms with Crippen molar-refractivity contribution in [2.24, 2.45) is 0 Å². The topological polar surface area (TPSA) is 36.7 Å². The lowest BCUT2D eigenvalue weighted by molar-refractivity contribution is 0.250. The highest BCUT2D eigenvalue weighted by atomic mass is 35.5. The summed E-state index contributed by atoms with van der Waals surface area (Å²) in [4.78, 5) is 16.6. The van der Waals surface area contributed by atoms with E-state index in [2.05, 4.69) is 28.9 Å². The number of nitrogens with zero attached hydrogens (tertiary/aromatic N) is 2. The van der Waals surface area contributed by atoms with Crippen molar-refractivity contribution in [3.05, 3.63) is 75.1 Å². The molecule has 134 valence electrons. The Labute approximate surface area is 157 Å². The highest BCUT2D eigenvalue weighted by molar-refractivity contribution is 6.30. The quantitative estimate of drug-likeness (QED) is 0.653. The van der Waals surface area contributed by atoms with Crippen LogP contribution in [0.1, 0.15) is 11.1 Å². The van der Waals surface area contributed by atoms with Crippen LogP contribution in [0.5, 0.6) is 0 Å². The van der Waals surface area contributed by atoms with Crippen LogP contribution >= 0.6 is 11.6 Å². The lowest BCUT2D eigenvalue weighted by atomic mass is 10.1. The summed E-state index contributed by atoms with van der Waals surface area (Å²) in [6.07, 6.45) is 0. The van der Waals surface area contributed by atoms with Crippen molar-refractivity contribution in [2.75, 3.05) is 31.1 Å². The smallest absolute Gasteiger partial charge is 0.336 e. The molecule has 1 saturated heterocycles. The molecule has 1 fully saturated rings. The van der Waals surface area contributed by atoms with Crippen LogP contribution in [-0.2, 0) is 6.54 Å². The van der Waals surface area contributed by atoms with Gasteiger partial charge >= 0.3 is 5.63 Å². The third kappa shape index (κ3) is 3.62. The largest absolute Gasteiger partial charge is 0.423 e. The Bertz CT molecular complexity index is 991. The first-order chi connectivity index (χ1) is 12.6. The van der Waals surface area contributed by atoms with Gasteiger partial charge < -0.3 is 9.32 Å². The van der Waals surface area contributed by atoms with Crippen LogP contribution in [0.15, 0.2) is 57.7 Å². The van der Waals surface area contributed by atoms with E-state index in [4.69, 9.17) is 16.0 Å². The first kappa shape index (κ1) is 17.1. The molecule has 0 unspecified atom stereocenters. The first-order valence-corrected chi connectivity index (χ1v) is 9.22. The van der Waals surface area contributed by atoms with E-state index in [1.807, 2.05) is 30.3 Å². The van der Waals surface area contributed by atoms with Gasteiger partial charge in [-0.25, -0.2) is 4.79 Å². The van der Waals surface area contributed by atoms with Crippen LogP contribution in [0, 0.1) is 6.92 Å². The van der Waals surface area contributed by atoms with Gasteiger partial charge in [-0.05, 0) is 42.8 Å². The molecule has 5 heteroatoms. The van der Waals surface area contributed by atoms with Gasteiger partial charge in [0.1, 0.15) is 5.58 Å². The Balaban J connectivity index is 1.50. The van der Waals surface area contributed by atoms with Crippen molar-refractivity contribution in [1.29, 1.82) is 0 Å². The van der Waals surface area contributed by atoms with Gasteiger partial charge in [0.15, 0.2) is 0 Å². The number of anilines is 1. The van der Waals surface area contributed by atoms with Gasteiger partial charge in [-0.2, -0.15) is 0 Å². The van der Waals surface area contributed by atoms with Crippen molar-refractivity contribution in [1.82, 2.24) is 4.90 Å². The molecule has 4 rings (SSSR count). The predicted molar refractivity (Wildman–Crippen MR) is 106 cm³/mol. The van der Waals surface area contributed by atoms with E-state index in [-0.39, 0.29) is 5.63 Å². The molecule has 0 N–H and O–H groups in total. The van der Waals surface area contributed by atoms with Crippen molar-refractivity contribution in [3.8, 4) is 0 Å². The van der Waals surface area contributed by atoms with Gasteiger partial charge in [0, 0.05) is 54.9 Å². The summed E-state index contributed by atoms with van der Waals surface area (Å²) in [6, 6.07) is 15.6. The zero-order valence-corrected chi connectivity index (χ0v) is 15.5. The average molecular weight is 369 g/mol. The van der Waals surface area contributed by atoms with Crippen LogP contribution in [0.4, 0.5) is 5.69 Å². The fourth-order valence-electron chi connectivity index (χ4n) is 3.55. The maximum atomic E-state index is 11.9. The minimum absolute atomic E-state index is 0.283. The molecule has 0 saturated carbocycles. The number of hydrogen-bond acceptors (Lipinski definition) is 4. The molecule has 0 amide bonds. The van der Waals surface area contributed by atoms with E-state index >= 15 is 0 Å². The monoisotopic (exact) mass is 368 g/mol. The fourth-order valence-corrected chi connectivity index (χ4v) is 3.73. The highest BCUT2D eigenvalue weighted by Gasteiger charge is 2.19. The van der Waals surface area contributed by atoms with Crippen LogP contribution in [0.2, 0.25) is 5.02 Å². The molecule has 1 aliphatic heterocycles. The summed E-state index contributed by atoms with van der Waals surface area (Å²) >= 11 is 6.11. The minimum Gasteiger partial charge on any atom is -0.423 e. The normalized spacial score (nSPS) is 15.5. The first-order valence-electron chi connectivity index (χ1n) is 8.85. The number of benzene rings is 2. The van der Waals surface area contributed by atoms with Crippen molar-refractivity contribution in [3.63, 3.8) is 0 Å². The Morgan fingerprint density at radius 2 is 1.85 bits per heavy atom. The van der Waals surface area contributed by atoms with Gasteiger partial charge in [-0.3, -0.25) is 4.90 Å².